The van der Waals surface area contributed by atoms with Gasteiger partial charge in [0.25, 0.3) is 5.69 Å². The molecule has 25 heavy (non-hydrogen) atoms. The highest BCUT2D eigenvalue weighted by Gasteiger charge is 2.58. The number of nitrogens with zero attached hydrogens (tertiary/aromatic N) is 2. The molecule has 9 heteroatoms. The lowest BCUT2D eigenvalue weighted by atomic mass is 9.67. The van der Waals surface area contributed by atoms with Crippen molar-refractivity contribution in [1.29, 1.82) is 5.26 Å². The number of ketones is 1. The predicted molar refractivity (Wildman–Crippen MR) is 84.7 cm³/mol. The van der Waals surface area contributed by atoms with Crippen LogP contribution in [0.25, 0.3) is 0 Å². The number of nitro benzene ring substituents is 1. The van der Waals surface area contributed by atoms with E-state index >= 15 is 0 Å². The Hall–Kier alpha value is -3.67. The molecule has 1 aromatic rings. The van der Waals surface area contributed by atoms with Crippen LogP contribution in [0.15, 0.2) is 41.0 Å². The van der Waals surface area contributed by atoms with Gasteiger partial charge in [-0.25, -0.2) is 0 Å². The molecule has 0 bridgehead atoms. The summed E-state index contributed by atoms with van der Waals surface area (Å²) in [6.07, 6.45) is 0. The van der Waals surface area contributed by atoms with E-state index in [9.17, 15) is 25.0 Å². The van der Waals surface area contributed by atoms with Crippen molar-refractivity contribution in [3.05, 3.63) is 56.7 Å². The van der Waals surface area contributed by atoms with E-state index in [1.54, 1.807) is 0 Å². The summed E-state index contributed by atoms with van der Waals surface area (Å²) < 4.78 is 5.27. The number of ether oxygens (including phenoxy) is 1. The zero-order valence-electron chi connectivity index (χ0n) is 13.2. The van der Waals surface area contributed by atoms with Gasteiger partial charge in [-0.3, -0.25) is 19.7 Å². The molecule has 3 N–H and O–H groups in total. The molecule has 126 valence electrons. The third kappa shape index (κ3) is 1.94. The van der Waals surface area contributed by atoms with Gasteiger partial charge in [0, 0.05) is 23.4 Å². The number of hydrogen-bond acceptors (Lipinski definition) is 7. The molecular formula is C16H12N4O5. The fraction of sp³-hybridized carbons (Fsp3) is 0.188. The molecule has 1 amide bonds. The van der Waals surface area contributed by atoms with Crippen LogP contribution in [-0.2, 0) is 19.7 Å². The molecule has 0 unspecified atom stereocenters. The Morgan fingerprint density at radius 3 is 2.72 bits per heavy atom. The molecule has 0 radical (unpaired) electrons. The Morgan fingerprint density at radius 2 is 2.16 bits per heavy atom. The lowest BCUT2D eigenvalue weighted by Crippen LogP contribution is -2.44. The first kappa shape index (κ1) is 16.2. The van der Waals surface area contributed by atoms with Crippen molar-refractivity contribution in [1.82, 2.24) is 0 Å². The highest BCUT2D eigenvalue weighted by atomic mass is 16.6. The second-order valence-corrected chi connectivity index (χ2v) is 5.63. The van der Waals surface area contributed by atoms with Crippen molar-refractivity contribution < 1.29 is 19.2 Å². The number of rotatable bonds is 2. The number of nitrogens with one attached hydrogen (secondary N) is 1. The Kier molecular flexibility index (Phi) is 3.35. The van der Waals surface area contributed by atoms with Gasteiger partial charge in [0.15, 0.2) is 5.78 Å². The van der Waals surface area contributed by atoms with Gasteiger partial charge >= 0.3 is 0 Å². The number of non-ortho nitro benzene ring substituents is 1. The maximum Gasteiger partial charge on any atom is 0.269 e. The Balaban J connectivity index is 2.47. The number of carbonyl (C=O) groups excluding carboxylic acids is 2. The maximum atomic E-state index is 12.9. The quantitative estimate of drug-likeness (QED) is 0.610. The molecule has 9 nitrogen and oxygen atoms in total. The van der Waals surface area contributed by atoms with Crippen molar-refractivity contribution in [2.24, 2.45) is 5.73 Å². The van der Waals surface area contributed by atoms with Crippen LogP contribution in [0.2, 0.25) is 0 Å². The molecule has 0 aromatic heterocycles. The zero-order chi connectivity index (χ0) is 18.5. The number of amides is 1. The molecule has 0 fully saturated rings. The highest BCUT2D eigenvalue weighted by Crippen LogP contribution is 2.52. The average Bonchev–Trinajstić information content (AvgIpc) is 2.79. The summed E-state index contributed by atoms with van der Waals surface area (Å²) in [6, 6.07) is 5.57. The van der Waals surface area contributed by atoms with E-state index in [1.807, 2.05) is 6.07 Å². The average molecular weight is 340 g/mol. The van der Waals surface area contributed by atoms with Crippen LogP contribution in [0.4, 0.5) is 11.4 Å². The van der Waals surface area contributed by atoms with Gasteiger partial charge in [-0.15, -0.1) is 0 Å². The number of nitriles is 1. The van der Waals surface area contributed by atoms with Gasteiger partial charge in [0.1, 0.15) is 22.8 Å². The third-order valence-corrected chi connectivity index (χ3v) is 4.28. The second-order valence-electron chi connectivity index (χ2n) is 5.63. The fourth-order valence-electron chi connectivity index (χ4n) is 3.39. The number of carbonyl (C=O) groups is 2. The fourth-order valence-corrected chi connectivity index (χ4v) is 3.39. The smallest absolute Gasteiger partial charge is 0.269 e. The van der Waals surface area contributed by atoms with Gasteiger partial charge < -0.3 is 15.8 Å². The summed E-state index contributed by atoms with van der Waals surface area (Å²) in [6.45, 7) is 2.67. The van der Waals surface area contributed by atoms with E-state index in [0.717, 1.165) is 0 Å². The Labute approximate surface area is 141 Å². The number of hydrogen-bond donors (Lipinski definition) is 2. The first-order chi connectivity index (χ1) is 11.7. The number of benzene rings is 1. The summed E-state index contributed by atoms with van der Waals surface area (Å²) in [5, 5.41) is 23.3. The predicted octanol–water partition coefficient (Wildman–Crippen LogP) is 1.37. The molecule has 1 atom stereocenters. The van der Waals surface area contributed by atoms with Gasteiger partial charge in [0.2, 0.25) is 11.8 Å². The highest BCUT2D eigenvalue weighted by molar-refractivity contribution is 6.18. The molecular weight excluding hydrogens is 328 g/mol. The standard InChI is InChI=1S/C16H12N4O5/c1-7(21)13-8(2)25-14(18)11(6-17)16(13)10-5-9(20(23)24)3-4-12(10)19-15(16)22/h3-5H,18H2,1-2H3,(H,19,22)/t16-/m1/s1. The van der Waals surface area contributed by atoms with Crippen molar-refractivity contribution >= 4 is 23.1 Å². The minimum Gasteiger partial charge on any atom is -0.445 e. The SMILES string of the molecule is CC(=O)C1=C(C)OC(N)=C(C#N)[C@@]12C(=O)Nc1ccc([N+](=O)[O-])cc12. The van der Waals surface area contributed by atoms with Crippen LogP contribution < -0.4 is 11.1 Å². The summed E-state index contributed by atoms with van der Waals surface area (Å²) in [5.74, 6) is -1.44. The van der Waals surface area contributed by atoms with E-state index in [1.165, 1.54) is 32.0 Å². The van der Waals surface area contributed by atoms with Crippen molar-refractivity contribution in [2.75, 3.05) is 5.32 Å². The molecule has 2 heterocycles. The molecule has 2 aliphatic rings. The number of fused-ring (bicyclic) bond motifs is 2. The summed E-state index contributed by atoms with van der Waals surface area (Å²) in [4.78, 5) is 35.7. The summed E-state index contributed by atoms with van der Waals surface area (Å²) in [7, 11) is 0. The van der Waals surface area contributed by atoms with E-state index in [2.05, 4.69) is 5.32 Å². The largest absolute Gasteiger partial charge is 0.445 e. The number of nitrogens with two attached hydrogens (primary N) is 1. The topological polar surface area (TPSA) is 148 Å². The minimum absolute atomic E-state index is 0.0681. The second kappa shape index (κ2) is 5.17. The van der Waals surface area contributed by atoms with E-state index in [0.29, 0.717) is 0 Å². The molecule has 1 aromatic carbocycles. The van der Waals surface area contributed by atoms with Crippen LogP contribution >= 0.6 is 0 Å². The van der Waals surface area contributed by atoms with Crippen molar-refractivity contribution in [2.45, 2.75) is 19.3 Å². The lowest BCUT2D eigenvalue weighted by Gasteiger charge is -2.33. The first-order valence-corrected chi connectivity index (χ1v) is 7.16. The van der Waals surface area contributed by atoms with Gasteiger partial charge in [-0.2, -0.15) is 5.26 Å². The number of nitro groups is 1. The Bertz CT molecular complexity index is 969. The van der Waals surface area contributed by atoms with E-state index in [-0.39, 0.29) is 39.7 Å². The monoisotopic (exact) mass is 340 g/mol. The normalized spacial score (nSPS) is 21.6. The maximum absolute atomic E-state index is 12.9. The Morgan fingerprint density at radius 1 is 1.48 bits per heavy atom. The summed E-state index contributed by atoms with van der Waals surface area (Å²) >= 11 is 0. The molecule has 0 saturated carbocycles. The van der Waals surface area contributed by atoms with Crippen LogP contribution in [0, 0.1) is 21.4 Å². The summed E-state index contributed by atoms with van der Waals surface area (Å²) in [5.41, 5.74) is 3.68. The van der Waals surface area contributed by atoms with E-state index < -0.39 is 22.0 Å². The minimum atomic E-state index is -1.87. The third-order valence-electron chi connectivity index (χ3n) is 4.28. The van der Waals surface area contributed by atoms with Crippen LogP contribution in [0.5, 0.6) is 0 Å². The van der Waals surface area contributed by atoms with Crippen molar-refractivity contribution in [3.63, 3.8) is 0 Å². The molecule has 1 spiro atoms. The molecule has 2 aliphatic heterocycles. The number of allylic oxidation sites excluding steroid dienone is 1. The van der Waals surface area contributed by atoms with Crippen molar-refractivity contribution in [3.8, 4) is 6.07 Å². The van der Waals surface area contributed by atoms with Crippen LogP contribution in [0.3, 0.4) is 0 Å². The lowest BCUT2D eigenvalue weighted by molar-refractivity contribution is -0.384. The van der Waals surface area contributed by atoms with Crippen LogP contribution in [0.1, 0.15) is 19.4 Å². The molecule has 0 aliphatic carbocycles. The molecule has 3 rings (SSSR count). The van der Waals surface area contributed by atoms with Gasteiger partial charge in [-0.1, -0.05) is 0 Å². The van der Waals surface area contributed by atoms with Gasteiger partial charge in [0.05, 0.1) is 10.5 Å². The van der Waals surface area contributed by atoms with E-state index in [4.69, 9.17) is 10.5 Å². The molecule has 0 saturated heterocycles. The number of anilines is 1. The van der Waals surface area contributed by atoms with Gasteiger partial charge in [-0.05, 0) is 19.9 Å². The number of Topliss-reactive ketones (excluding diaryl/α,β-unsaturated/α-hetero) is 1. The first-order valence-electron chi connectivity index (χ1n) is 7.16. The zero-order valence-corrected chi connectivity index (χ0v) is 13.2. The van der Waals surface area contributed by atoms with Crippen LogP contribution in [-0.4, -0.2) is 16.6 Å².